The molecule has 0 radical (unpaired) electrons. The van der Waals surface area contributed by atoms with Crippen LogP contribution < -0.4 is 10.9 Å². The molecule has 0 bridgehead atoms. The third-order valence-electron chi connectivity index (χ3n) is 4.73. The Labute approximate surface area is 182 Å². The van der Waals surface area contributed by atoms with Gasteiger partial charge in [-0.25, -0.2) is 4.98 Å². The highest BCUT2D eigenvalue weighted by Gasteiger charge is 2.11. The average Bonchev–Trinajstić information content (AvgIpc) is 3.24. The van der Waals surface area contributed by atoms with Crippen LogP contribution in [0.3, 0.4) is 0 Å². The van der Waals surface area contributed by atoms with Gasteiger partial charge in [0.1, 0.15) is 0 Å². The molecule has 1 N–H and O–H groups in total. The zero-order chi connectivity index (χ0) is 20.9. The molecule has 0 aliphatic heterocycles. The fourth-order valence-electron chi connectivity index (χ4n) is 3.17. The number of rotatable bonds is 7. The Kier molecular flexibility index (Phi) is 6.30. The number of aromatic nitrogens is 2. The summed E-state index contributed by atoms with van der Waals surface area (Å²) in [7, 11) is 0. The van der Waals surface area contributed by atoms with Crippen LogP contribution in [0.2, 0.25) is 0 Å². The zero-order valence-electron chi connectivity index (χ0n) is 16.4. The second kappa shape index (κ2) is 9.28. The van der Waals surface area contributed by atoms with Crippen molar-refractivity contribution in [1.82, 2.24) is 14.7 Å². The molecule has 30 heavy (non-hydrogen) atoms. The second-order valence-electron chi connectivity index (χ2n) is 6.91. The fraction of sp³-hybridized carbons (Fsp3) is 0.174. The van der Waals surface area contributed by atoms with Gasteiger partial charge in [-0.05, 0) is 23.6 Å². The van der Waals surface area contributed by atoms with E-state index in [4.69, 9.17) is 0 Å². The Morgan fingerprint density at radius 2 is 1.87 bits per heavy atom. The first-order valence-electron chi connectivity index (χ1n) is 9.58. The molecule has 0 saturated carbocycles. The molecule has 0 aliphatic rings. The molecule has 0 aliphatic carbocycles. The molecule has 0 spiro atoms. The molecule has 5 nitrogen and oxygen atoms in total. The summed E-state index contributed by atoms with van der Waals surface area (Å²) in [6.45, 7) is 1.98. The van der Waals surface area contributed by atoms with E-state index in [0.717, 1.165) is 11.1 Å². The lowest BCUT2D eigenvalue weighted by Crippen LogP contribution is -2.28. The highest BCUT2D eigenvalue weighted by atomic mass is 32.2. The number of hydrogen-bond donors (Lipinski definition) is 1. The fourth-order valence-corrected chi connectivity index (χ4v) is 4.64. The van der Waals surface area contributed by atoms with Crippen LogP contribution in [0.1, 0.15) is 24.2 Å². The average molecular weight is 436 g/mol. The topological polar surface area (TPSA) is 63.5 Å². The van der Waals surface area contributed by atoms with Crippen molar-refractivity contribution in [2.75, 3.05) is 5.75 Å². The van der Waals surface area contributed by atoms with Gasteiger partial charge in [0.15, 0.2) is 4.96 Å². The minimum absolute atomic E-state index is 0.0337. The zero-order valence-corrected chi connectivity index (χ0v) is 18.1. The van der Waals surface area contributed by atoms with Crippen LogP contribution in [-0.4, -0.2) is 21.0 Å². The molecular weight excluding hydrogens is 414 g/mol. The number of carbonyl (C=O) groups excluding carboxylic acids is 1. The van der Waals surface area contributed by atoms with E-state index in [1.54, 1.807) is 6.20 Å². The number of thioether (sulfide) groups is 1. The third kappa shape index (κ3) is 4.80. The molecule has 4 rings (SSSR count). The first kappa shape index (κ1) is 20.4. The van der Waals surface area contributed by atoms with Crippen molar-refractivity contribution in [2.45, 2.75) is 18.7 Å². The molecule has 4 aromatic rings. The summed E-state index contributed by atoms with van der Waals surface area (Å²) >= 11 is 2.88. The summed E-state index contributed by atoms with van der Waals surface area (Å²) in [6, 6.07) is 19.9. The number of nitrogens with one attached hydrogen (secondary N) is 1. The first-order chi connectivity index (χ1) is 14.6. The van der Waals surface area contributed by atoms with Crippen molar-refractivity contribution >= 4 is 34.0 Å². The lowest BCUT2D eigenvalue weighted by Gasteiger charge is -2.15. The van der Waals surface area contributed by atoms with Gasteiger partial charge in [0.2, 0.25) is 5.91 Å². The molecule has 1 amide bonds. The minimum Gasteiger partial charge on any atom is -0.349 e. The van der Waals surface area contributed by atoms with Crippen LogP contribution >= 0.6 is 23.1 Å². The van der Waals surface area contributed by atoms with Crippen LogP contribution in [-0.2, 0) is 10.5 Å². The molecule has 0 unspecified atom stereocenters. The van der Waals surface area contributed by atoms with E-state index >= 15 is 0 Å². The summed E-state index contributed by atoms with van der Waals surface area (Å²) in [6.07, 6.45) is 1.72. The lowest BCUT2D eigenvalue weighted by atomic mass is 10.0. The third-order valence-corrected chi connectivity index (χ3v) is 6.46. The quantitative estimate of drug-likeness (QED) is 0.463. The van der Waals surface area contributed by atoms with Crippen LogP contribution in [0.15, 0.2) is 77.0 Å². The van der Waals surface area contributed by atoms with Crippen LogP contribution in [0, 0.1) is 0 Å². The predicted octanol–water partition coefficient (Wildman–Crippen LogP) is 4.53. The van der Waals surface area contributed by atoms with Crippen molar-refractivity contribution in [3.8, 4) is 11.1 Å². The smallest absolute Gasteiger partial charge is 0.258 e. The van der Waals surface area contributed by atoms with Gasteiger partial charge in [-0.15, -0.1) is 23.1 Å². The number of fused-ring (bicyclic) bond motifs is 1. The molecule has 0 fully saturated rings. The number of carbonyl (C=O) groups is 1. The highest BCUT2D eigenvalue weighted by molar-refractivity contribution is 7.99. The number of benzene rings is 2. The molecule has 1 atom stereocenters. The summed E-state index contributed by atoms with van der Waals surface area (Å²) in [5.74, 6) is 0.809. The molecule has 2 heterocycles. The van der Waals surface area contributed by atoms with Gasteiger partial charge in [0.25, 0.3) is 5.56 Å². The highest BCUT2D eigenvalue weighted by Crippen LogP contribution is 2.22. The molecule has 0 saturated heterocycles. The summed E-state index contributed by atoms with van der Waals surface area (Å²) in [4.78, 5) is 29.5. The summed E-state index contributed by atoms with van der Waals surface area (Å²) in [5.41, 5.74) is 4.00. The van der Waals surface area contributed by atoms with Crippen molar-refractivity contribution in [2.24, 2.45) is 0 Å². The van der Waals surface area contributed by atoms with Crippen molar-refractivity contribution in [1.29, 1.82) is 0 Å². The number of amides is 1. The Morgan fingerprint density at radius 3 is 2.63 bits per heavy atom. The van der Waals surface area contributed by atoms with Gasteiger partial charge in [-0.2, -0.15) is 0 Å². The summed E-state index contributed by atoms with van der Waals surface area (Å²) in [5, 5.41) is 4.87. The Balaban J connectivity index is 1.29. The van der Waals surface area contributed by atoms with E-state index in [9.17, 15) is 9.59 Å². The van der Waals surface area contributed by atoms with Crippen molar-refractivity contribution in [3.05, 3.63) is 93.9 Å². The van der Waals surface area contributed by atoms with Crippen LogP contribution in [0.5, 0.6) is 0 Å². The van der Waals surface area contributed by atoms with E-state index < -0.39 is 0 Å². The van der Waals surface area contributed by atoms with Crippen molar-refractivity contribution < 1.29 is 4.79 Å². The monoisotopic (exact) mass is 435 g/mol. The predicted molar refractivity (Wildman–Crippen MR) is 124 cm³/mol. The Morgan fingerprint density at radius 1 is 1.13 bits per heavy atom. The van der Waals surface area contributed by atoms with E-state index in [1.165, 1.54) is 39.1 Å². The lowest BCUT2D eigenvalue weighted by molar-refractivity contribution is -0.119. The van der Waals surface area contributed by atoms with Gasteiger partial charge in [-0.3, -0.25) is 14.0 Å². The molecular formula is C23H21N3O2S2. The number of nitrogens with zero attached hydrogens (tertiary/aromatic N) is 2. The van der Waals surface area contributed by atoms with Crippen LogP contribution in [0.25, 0.3) is 16.1 Å². The van der Waals surface area contributed by atoms with E-state index in [2.05, 4.69) is 34.6 Å². The molecule has 2 aromatic heterocycles. The van der Waals surface area contributed by atoms with E-state index in [1.807, 2.05) is 42.6 Å². The van der Waals surface area contributed by atoms with Crippen molar-refractivity contribution in [3.63, 3.8) is 0 Å². The van der Waals surface area contributed by atoms with Gasteiger partial charge >= 0.3 is 0 Å². The molecule has 2 aromatic carbocycles. The summed E-state index contributed by atoms with van der Waals surface area (Å²) < 4.78 is 1.52. The maximum atomic E-state index is 12.3. The van der Waals surface area contributed by atoms with E-state index in [0.29, 0.717) is 22.2 Å². The maximum absolute atomic E-state index is 12.3. The standard InChI is InChI=1S/C23H21N3O2S2/c1-16(17-7-9-19(10-8-17)18-5-3-2-4-6-18)24-21(27)15-29-14-20-13-22(28)26-11-12-30-23(26)25-20/h2-13,16H,14-15H2,1H3,(H,24,27)/t16-/m0/s1. The SMILES string of the molecule is C[C@H](NC(=O)CSCc1cc(=O)n2ccsc2n1)c1ccc(-c2ccccc2)cc1. The normalized spacial score (nSPS) is 12.0. The second-order valence-corrected chi connectivity index (χ2v) is 8.77. The van der Waals surface area contributed by atoms with Gasteiger partial charge in [-0.1, -0.05) is 54.6 Å². The molecule has 152 valence electrons. The van der Waals surface area contributed by atoms with E-state index in [-0.39, 0.29) is 17.5 Å². The maximum Gasteiger partial charge on any atom is 0.258 e. The molecule has 7 heteroatoms. The van der Waals surface area contributed by atoms with Gasteiger partial charge in [0.05, 0.1) is 17.5 Å². The Hall–Kier alpha value is -2.90. The number of thiazole rings is 1. The largest absolute Gasteiger partial charge is 0.349 e. The first-order valence-corrected chi connectivity index (χ1v) is 11.6. The number of hydrogen-bond acceptors (Lipinski definition) is 5. The minimum atomic E-state index is -0.0890. The Bertz CT molecular complexity index is 1200. The van der Waals surface area contributed by atoms with Gasteiger partial charge < -0.3 is 5.32 Å². The van der Waals surface area contributed by atoms with Gasteiger partial charge in [0, 0.05) is 23.4 Å². The van der Waals surface area contributed by atoms with Crippen LogP contribution in [0.4, 0.5) is 0 Å².